The van der Waals surface area contributed by atoms with Gasteiger partial charge < -0.3 is 36.9 Å². The lowest BCUT2D eigenvalue weighted by molar-refractivity contribution is -0.143. The summed E-state index contributed by atoms with van der Waals surface area (Å²) in [6.07, 6.45) is 3.75. The third kappa shape index (κ3) is 9.44. The molecule has 0 aliphatic carbocycles. The lowest BCUT2D eigenvalue weighted by Gasteiger charge is -2.26. The Bertz CT molecular complexity index is 1320. The van der Waals surface area contributed by atoms with Gasteiger partial charge in [0.25, 0.3) is 0 Å². The SMILES string of the molecule is CCC(C)C(NC(=O)C(Cc1ccc(O)cc1)NC(=O)C(Cc1cnc[nH]1)NC(=O)C(N)Cc1ccccc1)C(=O)O. The first-order valence-electron chi connectivity index (χ1n) is 13.8. The summed E-state index contributed by atoms with van der Waals surface area (Å²) >= 11 is 0. The Morgan fingerprint density at radius 3 is 2.05 bits per heavy atom. The molecular formula is C30H38N6O6. The maximum atomic E-state index is 13.6. The highest BCUT2D eigenvalue weighted by Crippen LogP contribution is 2.14. The molecule has 0 aliphatic rings. The molecular weight excluding hydrogens is 540 g/mol. The maximum Gasteiger partial charge on any atom is 0.326 e. The zero-order chi connectivity index (χ0) is 30.6. The Kier molecular flexibility index (Phi) is 11.6. The molecule has 42 heavy (non-hydrogen) atoms. The number of H-pyrrole nitrogens is 1. The second kappa shape index (κ2) is 15.3. The second-order valence-electron chi connectivity index (χ2n) is 10.3. The number of aliphatic carboxylic acids is 1. The number of aromatic hydroxyl groups is 1. The number of nitrogens with two attached hydrogens (primary N) is 1. The number of carbonyl (C=O) groups is 4. The van der Waals surface area contributed by atoms with Crippen molar-refractivity contribution in [3.8, 4) is 5.75 Å². The fourth-order valence-electron chi connectivity index (χ4n) is 4.35. The minimum atomic E-state index is -1.19. The maximum absolute atomic E-state index is 13.6. The summed E-state index contributed by atoms with van der Waals surface area (Å²) in [6.45, 7) is 3.52. The summed E-state index contributed by atoms with van der Waals surface area (Å²) in [5, 5.41) is 27.3. The molecule has 12 heteroatoms. The number of aromatic amines is 1. The Morgan fingerprint density at radius 2 is 1.45 bits per heavy atom. The number of carboxylic acids is 1. The third-order valence-electron chi connectivity index (χ3n) is 7.03. The van der Waals surface area contributed by atoms with Crippen LogP contribution in [-0.2, 0) is 38.4 Å². The van der Waals surface area contributed by atoms with E-state index in [-0.39, 0.29) is 30.9 Å². The number of phenols is 1. The van der Waals surface area contributed by atoms with Crippen molar-refractivity contribution in [1.82, 2.24) is 25.9 Å². The van der Waals surface area contributed by atoms with Crippen molar-refractivity contribution < 1.29 is 29.4 Å². The number of carboxylic acid groups (broad SMARTS) is 1. The van der Waals surface area contributed by atoms with E-state index in [1.54, 1.807) is 19.1 Å². The van der Waals surface area contributed by atoms with Crippen LogP contribution in [0.3, 0.4) is 0 Å². The van der Waals surface area contributed by atoms with Gasteiger partial charge in [0.05, 0.1) is 12.4 Å². The highest BCUT2D eigenvalue weighted by molar-refractivity contribution is 5.94. The minimum Gasteiger partial charge on any atom is -0.508 e. The standard InChI is InChI=1S/C30H38N6O6/c1-3-18(2)26(30(41)42)36-29(40)24(14-20-9-11-22(37)12-10-20)35-28(39)25(15-21-16-32-17-33-21)34-27(38)23(31)13-19-7-5-4-6-8-19/h4-12,16-18,23-26,37H,3,13-15,31H2,1-2H3,(H,32,33)(H,34,38)(H,35,39)(H,36,40)(H,41,42). The summed E-state index contributed by atoms with van der Waals surface area (Å²) < 4.78 is 0. The van der Waals surface area contributed by atoms with Gasteiger partial charge in [-0.1, -0.05) is 62.7 Å². The van der Waals surface area contributed by atoms with Crippen LogP contribution in [0.4, 0.5) is 0 Å². The number of aromatic nitrogens is 2. The molecule has 5 unspecified atom stereocenters. The number of imidazole rings is 1. The normalized spacial score (nSPS) is 14.5. The summed E-state index contributed by atoms with van der Waals surface area (Å²) in [6, 6.07) is 10.9. The molecule has 12 nitrogen and oxygen atoms in total. The number of carbonyl (C=O) groups excluding carboxylic acids is 3. The predicted molar refractivity (Wildman–Crippen MR) is 155 cm³/mol. The van der Waals surface area contributed by atoms with E-state index in [0.29, 0.717) is 17.7 Å². The lowest BCUT2D eigenvalue weighted by atomic mass is 9.98. The molecule has 0 spiro atoms. The number of amides is 3. The van der Waals surface area contributed by atoms with Crippen LogP contribution < -0.4 is 21.7 Å². The van der Waals surface area contributed by atoms with Crippen LogP contribution >= 0.6 is 0 Å². The average molecular weight is 579 g/mol. The molecule has 3 amide bonds. The molecule has 0 saturated heterocycles. The zero-order valence-corrected chi connectivity index (χ0v) is 23.6. The van der Waals surface area contributed by atoms with Crippen molar-refractivity contribution in [2.24, 2.45) is 11.7 Å². The van der Waals surface area contributed by atoms with Crippen LogP contribution in [-0.4, -0.2) is 68.0 Å². The summed E-state index contributed by atoms with van der Waals surface area (Å²) in [5.41, 5.74) is 8.19. The van der Waals surface area contributed by atoms with Crippen molar-refractivity contribution in [1.29, 1.82) is 0 Å². The van der Waals surface area contributed by atoms with E-state index >= 15 is 0 Å². The first kappa shape index (κ1) is 31.8. The summed E-state index contributed by atoms with van der Waals surface area (Å²) in [7, 11) is 0. The predicted octanol–water partition coefficient (Wildman–Crippen LogP) is 1.06. The summed E-state index contributed by atoms with van der Waals surface area (Å²) in [5.74, 6) is -3.45. The van der Waals surface area contributed by atoms with E-state index in [4.69, 9.17) is 5.73 Å². The van der Waals surface area contributed by atoms with Gasteiger partial charge in [0.2, 0.25) is 17.7 Å². The fourth-order valence-corrected chi connectivity index (χ4v) is 4.35. The highest BCUT2D eigenvalue weighted by Gasteiger charge is 2.32. The Labute approximate surface area is 244 Å². The van der Waals surface area contributed by atoms with Crippen LogP contribution in [0.2, 0.25) is 0 Å². The van der Waals surface area contributed by atoms with E-state index < -0.39 is 47.9 Å². The number of rotatable bonds is 15. The molecule has 5 atom stereocenters. The molecule has 0 saturated carbocycles. The second-order valence-corrected chi connectivity index (χ2v) is 10.3. The molecule has 0 bridgehead atoms. The van der Waals surface area contributed by atoms with E-state index in [2.05, 4.69) is 25.9 Å². The average Bonchev–Trinajstić information content (AvgIpc) is 3.49. The molecule has 0 radical (unpaired) electrons. The molecule has 3 aromatic rings. The van der Waals surface area contributed by atoms with Crippen LogP contribution in [0.5, 0.6) is 5.75 Å². The largest absolute Gasteiger partial charge is 0.508 e. The van der Waals surface area contributed by atoms with E-state index in [0.717, 1.165) is 5.56 Å². The van der Waals surface area contributed by atoms with Crippen LogP contribution in [0, 0.1) is 5.92 Å². The number of phenolic OH excluding ortho intramolecular Hbond substituents is 1. The van der Waals surface area contributed by atoms with Crippen molar-refractivity contribution in [3.63, 3.8) is 0 Å². The zero-order valence-electron chi connectivity index (χ0n) is 23.6. The van der Waals surface area contributed by atoms with E-state index in [1.807, 2.05) is 37.3 Å². The van der Waals surface area contributed by atoms with Gasteiger partial charge in [-0.2, -0.15) is 0 Å². The van der Waals surface area contributed by atoms with E-state index in [1.165, 1.54) is 24.7 Å². The smallest absolute Gasteiger partial charge is 0.326 e. The Hall–Kier alpha value is -4.71. The lowest BCUT2D eigenvalue weighted by Crippen LogP contribution is -2.58. The van der Waals surface area contributed by atoms with Gasteiger partial charge in [-0.25, -0.2) is 9.78 Å². The van der Waals surface area contributed by atoms with Gasteiger partial charge in [0, 0.05) is 24.7 Å². The van der Waals surface area contributed by atoms with Crippen LogP contribution in [0.1, 0.15) is 37.1 Å². The first-order valence-corrected chi connectivity index (χ1v) is 13.8. The van der Waals surface area contributed by atoms with Crippen molar-refractivity contribution in [2.45, 2.75) is 63.7 Å². The number of nitrogens with zero attached hydrogens (tertiary/aromatic N) is 1. The number of hydrogen-bond acceptors (Lipinski definition) is 7. The van der Waals surface area contributed by atoms with Crippen molar-refractivity contribution >= 4 is 23.7 Å². The summed E-state index contributed by atoms with van der Waals surface area (Å²) in [4.78, 5) is 58.8. The van der Waals surface area contributed by atoms with E-state index in [9.17, 15) is 29.4 Å². The number of benzene rings is 2. The molecule has 1 heterocycles. The van der Waals surface area contributed by atoms with Crippen molar-refractivity contribution in [3.05, 3.63) is 83.9 Å². The third-order valence-corrected chi connectivity index (χ3v) is 7.03. The number of nitrogens with one attached hydrogen (secondary N) is 4. The van der Waals surface area contributed by atoms with Gasteiger partial charge >= 0.3 is 5.97 Å². The van der Waals surface area contributed by atoms with Gasteiger partial charge in [-0.15, -0.1) is 0 Å². The molecule has 1 aromatic heterocycles. The van der Waals surface area contributed by atoms with Gasteiger partial charge in [-0.3, -0.25) is 14.4 Å². The topological polar surface area (TPSA) is 200 Å². The number of hydrogen-bond donors (Lipinski definition) is 7. The Morgan fingerprint density at radius 1 is 0.857 bits per heavy atom. The quantitative estimate of drug-likeness (QED) is 0.139. The molecule has 224 valence electrons. The highest BCUT2D eigenvalue weighted by atomic mass is 16.4. The fraction of sp³-hybridized carbons (Fsp3) is 0.367. The molecule has 0 aliphatic heterocycles. The molecule has 8 N–H and O–H groups in total. The van der Waals surface area contributed by atoms with Gasteiger partial charge in [-0.05, 0) is 35.6 Å². The van der Waals surface area contributed by atoms with Crippen LogP contribution in [0.15, 0.2) is 67.1 Å². The minimum absolute atomic E-state index is 0.00292. The molecule has 3 rings (SSSR count). The van der Waals surface area contributed by atoms with Crippen LogP contribution in [0.25, 0.3) is 0 Å². The van der Waals surface area contributed by atoms with Gasteiger partial charge in [0.1, 0.15) is 23.9 Å². The van der Waals surface area contributed by atoms with Gasteiger partial charge in [0.15, 0.2) is 0 Å². The van der Waals surface area contributed by atoms with Crippen molar-refractivity contribution in [2.75, 3.05) is 0 Å². The monoisotopic (exact) mass is 578 g/mol. The molecule has 2 aromatic carbocycles. The molecule has 0 fully saturated rings. The Balaban J connectivity index is 1.82. The first-order chi connectivity index (χ1) is 20.1.